The summed E-state index contributed by atoms with van der Waals surface area (Å²) in [6, 6.07) is 8.47. The molecule has 4 rings (SSSR count). The van der Waals surface area contributed by atoms with E-state index in [1.165, 1.54) is 12.1 Å². The zero-order chi connectivity index (χ0) is 19.3. The highest BCUT2D eigenvalue weighted by molar-refractivity contribution is 5.45. The fourth-order valence-electron chi connectivity index (χ4n) is 3.35. The smallest absolute Gasteiger partial charge is 0.387 e. The van der Waals surface area contributed by atoms with Gasteiger partial charge in [-0.05, 0) is 23.8 Å². The van der Waals surface area contributed by atoms with Crippen LogP contribution < -0.4 is 14.5 Å². The summed E-state index contributed by atoms with van der Waals surface area (Å²) in [6.07, 6.45) is 1.60. The number of aromatic nitrogens is 2. The van der Waals surface area contributed by atoms with E-state index in [9.17, 15) is 8.78 Å². The Hall–Kier alpha value is -2.52. The van der Waals surface area contributed by atoms with E-state index in [0.29, 0.717) is 32.3 Å². The standard InChI is InChI=1S/C19H22F2N4O3/c20-18(21)28-15-3-1-14(2-4-15)16-13-25(9-12-27-16)17-5-6-22-19(23-17)24-7-10-26-11-8-24/h1-6,16,18H,7-13H2. The molecule has 1 aromatic heterocycles. The summed E-state index contributed by atoms with van der Waals surface area (Å²) in [5, 5.41) is 0. The number of anilines is 2. The third kappa shape index (κ3) is 4.48. The molecular formula is C19H22F2N4O3. The Kier molecular flexibility index (Phi) is 5.82. The van der Waals surface area contributed by atoms with Gasteiger partial charge in [0, 0.05) is 32.4 Å². The molecule has 9 heteroatoms. The van der Waals surface area contributed by atoms with Crippen LogP contribution in [0.5, 0.6) is 5.75 Å². The number of rotatable bonds is 5. The van der Waals surface area contributed by atoms with E-state index in [0.717, 1.165) is 31.0 Å². The van der Waals surface area contributed by atoms with Crippen LogP contribution in [0.4, 0.5) is 20.5 Å². The zero-order valence-electron chi connectivity index (χ0n) is 15.3. The van der Waals surface area contributed by atoms with E-state index in [4.69, 9.17) is 14.5 Å². The quantitative estimate of drug-likeness (QED) is 0.775. The molecule has 0 radical (unpaired) electrons. The van der Waals surface area contributed by atoms with Crippen molar-refractivity contribution in [3.63, 3.8) is 0 Å². The Bertz CT molecular complexity index is 772. The summed E-state index contributed by atoms with van der Waals surface area (Å²) in [5.74, 6) is 1.69. The Balaban J connectivity index is 1.45. The third-order valence-corrected chi connectivity index (χ3v) is 4.79. The summed E-state index contributed by atoms with van der Waals surface area (Å²) >= 11 is 0. The highest BCUT2D eigenvalue weighted by atomic mass is 19.3. The van der Waals surface area contributed by atoms with Crippen LogP contribution in [0.3, 0.4) is 0 Å². The van der Waals surface area contributed by atoms with Gasteiger partial charge in [-0.25, -0.2) is 4.98 Å². The summed E-state index contributed by atoms with van der Waals surface area (Å²) < 4.78 is 40.3. The van der Waals surface area contributed by atoms with Crippen LogP contribution in [-0.4, -0.2) is 62.6 Å². The van der Waals surface area contributed by atoms with Crippen molar-refractivity contribution in [2.24, 2.45) is 0 Å². The van der Waals surface area contributed by atoms with E-state index < -0.39 is 6.61 Å². The lowest BCUT2D eigenvalue weighted by molar-refractivity contribution is -0.0498. The summed E-state index contributed by atoms with van der Waals surface area (Å²) in [6.45, 7) is 1.99. The average Bonchev–Trinajstić information content (AvgIpc) is 2.75. The van der Waals surface area contributed by atoms with Gasteiger partial charge in [-0.3, -0.25) is 0 Å². The topological polar surface area (TPSA) is 60.0 Å². The van der Waals surface area contributed by atoms with Crippen molar-refractivity contribution >= 4 is 11.8 Å². The van der Waals surface area contributed by atoms with Gasteiger partial charge in [0.2, 0.25) is 5.95 Å². The maximum absolute atomic E-state index is 12.3. The number of ether oxygens (including phenoxy) is 3. The molecule has 1 atom stereocenters. The molecule has 0 saturated carbocycles. The molecule has 7 nitrogen and oxygen atoms in total. The molecule has 1 unspecified atom stereocenters. The predicted molar refractivity (Wildman–Crippen MR) is 99.0 cm³/mol. The number of benzene rings is 1. The molecule has 0 amide bonds. The minimum atomic E-state index is -2.83. The first kappa shape index (κ1) is 18.8. The van der Waals surface area contributed by atoms with Crippen LogP contribution in [0.2, 0.25) is 0 Å². The lowest BCUT2D eigenvalue weighted by Gasteiger charge is -2.34. The van der Waals surface area contributed by atoms with E-state index in [1.54, 1.807) is 18.3 Å². The fourth-order valence-corrected chi connectivity index (χ4v) is 3.35. The van der Waals surface area contributed by atoms with Gasteiger partial charge >= 0.3 is 6.61 Å². The molecule has 2 aliphatic heterocycles. The van der Waals surface area contributed by atoms with Gasteiger partial charge in [0.15, 0.2) is 0 Å². The number of hydrogen-bond acceptors (Lipinski definition) is 7. The summed E-state index contributed by atoms with van der Waals surface area (Å²) in [4.78, 5) is 13.4. The van der Waals surface area contributed by atoms with E-state index in [2.05, 4.69) is 19.5 Å². The summed E-state index contributed by atoms with van der Waals surface area (Å²) in [7, 11) is 0. The van der Waals surface area contributed by atoms with Crippen molar-refractivity contribution < 1.29 is 23.0 Å². The number of morpholine rings is 2. The molecule has 2 aromatic rings. The van der Waals surface area contributed by atoms with Gasteiger partial charge in [0.1, 0.15) is 17.7 Å². The highest BCUT2D eigenvalue weighted by Gasteiger charge is 2.24. The lowest BCUT2D eigenvalue weighted by atomic mass is 10.1. The normalized spacial score (nSPS) is 20.5. The van der Waals surface area contributed by atoms with Crippen molar-refractivity contribution in [1.82, 2.24) is 9.97 Å². The Labute approximate surface area is 161 Å². The second-order valence-electron chi connectivity index (χ2n) is 6.57. The second kappa shape index (κ2) is 8.66. The molecule has 0 aliphatic carbocycles. The number of alkyl halides is 2. The van der Waals surface area contributed by atoms with E-state index in [1.807, 2.05) is 6.07 Å². The molecule has 28 heavy (non-hydrogen) atoms. The molecule has 150 valence electrons. The van der Waals surface area contributed by atoms with Crippen molar-refractivity contribution in [2.45, 2.75) is 12.7 Å². The summed E-state index contributed by atoms with van der Waals surface area (Å²) in [5.41, 5.74) is 0.911. The molecule has 1 aromatic carbocycles. The SMILES string of the molecule is FC(F)Oc1ccc(C2CN(c3ccnc(N4CCOCC4)n3)CCO2)cc1. The number of nitrogens with zero attached hydrogens (tertiary/aromatic N) is 4. The molecule has 0 bridgehead atoms. The van der Waals surface area contributed by atoms with Crippen LogP contribution in [0, 0.1) is 0 Å². The van der Waals surface area contributed by atoms with Gasteiger partial charge in [0.25, 0.3) is 0 Å². The maximum Gasteiger partial charge on any atom is 0.387 e. The van der Waals surface area contributed by atoms with Gasteiger partial charge in [-0.15, -0.1) is 0 Å². The predicted octanol–water partition coefficient (Wildman–Crippen LogP) is 2.49. The molecule has 0 N–H and O–H groups in total. The second-order valence-corrected chi connectivity index (χ2v) is 6.57. The molecule has 2 aliphatic rings. The maximum atomic E-state index is 12.3. The number of halogens is 2. The fraction of sp³-hybridized carbons (Fsp3) is 0.474. The lowest BCUT2D eigenvalue weighted by Crippen LogP contribution is -2.40. The van der Waals surface area contributed by atoms with Gasteiger partial charge in [-0.2, -0.15) is 13.8 Å². The van der Waals surface area contributed by atoms with Crippen molar-refractivity contribution in [3.8, 4) is 5.75 Å². The molecule has 2 saturated heterocycles. The Morgan fingerprint density at radius 1 is 1.00 bits per heavy atom. The first-order chi connectivity index (χ1) is 13.7. The first-order valence-electron chi connectivity index (χ1n) is 9.26. The monoisotopic (exact) mass is 392 g/mol. The third-order valence-electron chi connectivity index (χ3n) is 4.79. The number of hydrogen-bond donors (Lipinski definition) is 0. The molecule has 2 fully saturated rings. The van der Waals surface area contributed by atoms with Crippen LogP contribution in [0.15, 0.2) is 36.5 Å². The van der Waals surface area contributed by atoms with Crippen LogP contribution in [-0.2, 0) is 9.47 Å². The highest BCUT2D eigenvalue weighted by Crippen LogP contribution is 2.27. The van der Waals surface area contributed by atoms with Gasteiger partial charge in [0.05, 0.1) is 19.8 Å². The first-order valence-corrected chi connectivity index (χ1v) is 9.26. The minimum absolute atomic E-state index is 0.136. The Morgan fingerprint density at radius 2 is 1.75 bits per heavy atom. The minimum Gasteiger partial charge on any atom is -0.435 e. The van der Waals surface area contributed by atoms with Crippen molar-refractivity contribution in [2.75, 3.05) is 55.8 Å². The van der Waals surface area contributed by atoms with Crippen molar-refractivity contribution in [3.05, 3.63) is 42.1 Å². The van der Waals surface area contributed by atoms with Gasteiger partial charge < -0.3 is 24.0 Å². The molecule has 0 spiro atoms. The van der Waals surface area contributed by atoms with Crippen LogP contribution >= 0.6 is 0 Å². The van der Waals surface area contributed by atoms with Crippen LogP contribution in [0.25, 0.3) is 0 Å². The van der Waals surface area contributed by atoms with Crippen LogP contribution in [0.1, 0.15) is 11.7 Å². The van der Waals surface area contributed by atoms with E-state index >= 15 is 0 Å². The molecular weight excluding hydrogens is 370 g/mol. The molecule has 3 heterocycles. The average molecular weight is 392 g/mol. The van der Waals surface area contributed by atoms with E-state index in [-0.39, 0.29) is 11.9 Å². The zero-order valence-corrected chi connectivity index (χ0v) is 15.3. The Morgan fingerprint density at radius 3 is 2.50 bits per heavy atom. The largest absolute Gasteiger partial charge is 0.435 e. The van der Waals surface area contributed by atoms with Gasteiger partial charge in [-0.1, -0.05) is 12.1 Å². The van der Waals surface area contributed by atoms with Crippen molar-refractivity contribution in [1.29, 1.82) is 0 Å².